The normalized spacial score (nSPS) is 10.8. The van der Waals surface area contributed by atoms with Crippen LogP contribution in [0.5, 0.6) is 0 Å². The fraction of sp³-hybridized carbons (Fsp3) is 0.0556. The summed E-state index contributed by atoms with van der Waals surface area (Å²) < 4.78 is 19.5. The van der Waals surface area contributed by atoms with Gasteiger partial charge in [-0.3, -0.25) is 9.78 Å². The van der Waals surface area contributed by atoms with Gasteiger partial charge in [0.1, 0.15) is 18.1 Å². The molecule has 3 heterocycles. The first kappa shape index (κ1) is 15.8. The van der Waals surface area contributed by atoms with E-state index in [4.69, 9.17) is 4.52 Å². The molecule has 4 aromatic rings. The van der Waals surface area contributed by atoms with Crippen LogP contribution in [-0.2, 0) is 6.54 Å². The van der Waals surface area contributed by atoms with Crippen LogP contribution in [0.15, 0.2) is 70.1 Å². The Morgan fingerprint density at radius 1 is 1.00 bits per heavy atom. The zero-order valence-corrected chi connectivity index (χ0v) is 13.4. The molecule has 1 aromatic carbocycles. The van der Waals surface area contributed by atoms with Gasteiger partial charge in [-0.15, -0.1) is 0 Å². The maximum atomic E-state index is 13.1. The Hall–Kier alpha value is -3.68. The summed E-state index contributed by atoms with van der Waals surface area (Å²) in [5.41, 5.74) is 1.49. The molecule has 0 N–H and O–H groups in total. The molecule has 0 unspecified atom stereocenters. The third kappa shape index (κ3) is 3.25. The third-order valence-corrected chi connectivity index (χ3v) is 3.65. The summed E-state index contributed by atoms with van der Waals surface area (Å²) in [6.45, 7) is 0.0215. The van der Waals surface area contributed by atoms with Crippen molar-refractivity contribution < 1.29 is 8.91 Å². The first-order valence-electron chi connectivity index (χ1n) is 7.77. The number of hydrogen-bond acceptors (Lipinski definition) is 6. The molecular formula is C18H12FN5O2. The first-order chi connectivity index (χ1) is 12.7. The van der Waals surface area contributed by atoms with Crippen molar-refractivity contribution in [3.05, 3.63) is 82.9 Å². The Labute approximate surface area is 146 Å². The Morgan fingerprint density at radius 2 is 1.85 bits per heavy atom. The van der Waals surface area contributed by atoms with E-state index in [0.717, 1.165) is 0 Å². The van der Waals surface area contributed by atoms with Crippen LogP contribution in [0, 0.1) is 5.82 Å². The van der Waals surface area contributed by atoms with Crippen molar-refractivity contribution in [3.63, 3.8) is 0 Å². The van der Waals surface area contributed by atoms with Gasteiger partial charge in [0.05, 0.1) is 5.69 Å². The minimum Gasteiger partial charge on any atom is -0.337 e. The Bertz CT molecular complexity index is 1090. The molecule has 0 amide bonds. The smallest absolute Gasteiger partial charge is 0.267 e. The summed E-state index contributed by atoms with van der Waals surface area (Å²) in [5, 5.41) is 8.16. The number of rotatable bonds is 4. The lowest BCUT2D eigenvalue weighted by Crippen LogP contribution is -2.23. The van der Waals surface area contributed by atoms with Crippen molar-refractivity contribution in [1.82, 2.24) is 24.9 Å². The highest BCUT2D eigenvalue weighted by atomic mass is 19.1. The second-order valence-electron chi connectivity index (χ2n) is 5.45. The average molecular weight is 349 g/mol. The van der Waals surface area contributed by atoms with Gasteiger partial charge < -0.3 is 4.52 Å². The van der Waals surface area contributed by atoms with Crippen molar-refractivity contribution in [1.29, 1.82) is 0 Å². The third-order valence-electron chi connectivity index (χ3n) is 3.65. The molecule has 8 heteroatoms. The van der Waals surface area contributed by atoms with E-state index in [1.807, 2.05) is 6.07 Å². The van der Waals surface area contributed by atoms with Crippen molar-refractivity contribution in [3.8, 4) is 22.8 Å². The SMILES string of the molecule is O=c1ccc(-c2ccc(F)cc2)nn1Cc1nc(-c2ccccn2)no1. The molecule has 3 aromatic heterocycles. The molecule has 0 aliphatic heterocycles. The van der Waals surface area contributed by atoms with E-state index < -0.39 is 0 Å². The number of benzene rings is 1. The van der Waals surface area contributed by atoms with Crippen LogP contribution in [0.1, 0.15) is 5.89 Å². The second kappa shape index (κ2) is 6.67. The van der Waals surface area contributed by atoms with Crippen molar-refractivity contribution in [2.24, 2.45) is 0 Å². The maximum absolute atomic E-state index is 13.1. The molecule has 7 nitrogen and oxygen atoms in total. The van der Waals surface area contributed by atoms with E-state index in [-0.39, 0.29) is 23.8 Å². The Morgan fingerprint density at radius 3 is 2.62 bits per heavy atom. The maximum Gasteiger partial charge on any atom is 0.267 e. The Balaban J connectivity index is 1.62. The lowest BCUT2D eigenvalue weighted by atomic mass is 10.1. The number of pyridine rings is 1. The van der Waals surface area contributed by atoms with Crippen LogP contribution < -0.4 is 5.56 Å². The van der Waals surface area contributed by atoms with Gasteiger partial charge >= 0.3 is 0 Å². The van der Waals surface area contributed by atoms with E-state index in [9.17, 15) is 9.18 Å². The van der Waals surface area contributed by atoms with Gasteiger partial charge in [0, 0.05) is 17.8 Å². The highest BCUT2D eigenvalue weighted by Gasteiger charge is 2.12. The molecule has 0 fully saturated rings. The van der Waals surface area contributed by atoms with E-state index in [2.05, 4.69) is 20.2 Å². The summed E-state index contributed by atoms with van der Waals surface area (Å²) in [7, 11) is 0. The van der Waals surface area contributed by atoms with Crippen LogP contribution >= 0.6 is 0 Å². The molecule has 0 aliphatic rings. The van der Waals surface area contributed by atoms with Gasteiger partial charge in [-0.25, -0.2) is 9.07 Å². The summed E-state index contributed by atoms with van der Waals surface area (Å²) in [6, 6.07) is 14.2. The predicted octanol–water partition coefficient (Wildman–Crippen LogP) is 2.54. The minimum absolute atomic E-state index is 0.0215. The molecule has 0 radical (unpaired) electrons. The van der Waals surface area contributed by atoms with Crippen molar-refractivity contribution in [2.75, 3.05) is 0 Å². The van der Waals surface area contributed by atoms with Gasteiger partial charge in [0.15, 0.2) is 0 Å². The number of aromatic nitrogens is 5. The molecule has 0 atom stereocenters. The molecule has 26 heavy (non-hydrogen) atoms. The first-order valence-corrected chi connectivity index (χ1v) is 7.77. The monoisotopic (exact) mass is 349 g/mol. The van der Waals surface area contributed by atoms with Crippen LogP contribution in [-0.4, -0.2) is 24.9 Å². The highest BCUT2D eigenvalue weighted by Crippen LogP contribution is 2.16. The lowest BCUT2D eigenvalue weighted by molar-refractivity contribution is 0.363. The fourth-order valence-corrected chi connectivity index (χ4v) is 2.38. The quantitative estimate of drug-likeness (QED) is 0.563. The number of hydrogen-bond donors (Lipinski definition) is 0. The summed E-state index contributed by atoms with van der Waals surface area (Å²) in [6.07, 6.45) is 1.63. The zero-order valence-electron chi connectivity index (χ0n) is 13.4. The zero-order chi connectivity index (χ0) is 17.9. The molecule has 4 rings (SSSR count). The van der Waals surface area contributed by atoms with Gasteiger partial charge in [-0.05, 0) is 42.5 Å². The fourth-order valence-electron chi connectivity index (χ4n) is 2.38. The van der Waals surface area contributed by atoms with Crippen LogP contribution in [0.25, 0.3) is 22.8 Å². The molecule has 0 saturated heterocycles. The minimum atomic E-state index is -0.338. The molecule has 0 aliphatic carbocycles. The van der Waals surface area contributed by atoms with Crippen LogP contribution in [0.3, 0.4) is 0 Å². The molecule has 0 bridgehead atoms. The van der Waals surface area contributed by atoms with Crippen LogP contribution in [0.2, 0.25) is 0 Å². The topological polar surface area (TPSA) is 86.7 Å². The summed E-state index contributed by atoms with van der Waals surface area (Å²) in [4.78, 5) is 20.5. The Kier molecular flexibility index (Phi) is 4.06. The van der Waals surface area contributed by atoms with Gasteiger partial charge in [-0.2, -0.15) is 10.1 Å². The summed E-state index contributed by atoms with van der Waals surface area (Å²) >= 11 is 0. The standard InChI is InChI=1S/C18H12FN5O2/c19-13-6-4-12(5-7-13)14-8-9-17(25)24(22-14)11-16-21-18(23-26-16)15-3-1-2-10-20-15/h1-10H,11H2. The molecule has 0 saturated carbocycles. The number of nitrogens with zero attached hydrogens (tertiary/aromatic N) is 5. The largest absolute Gasteiger partial charge is 0.337 e. The highest BCUT2D eigenvalue weighted by molar-refractivity contribution is 5.57. The van der Waals surface area contributed by atoms with E-state index in [0.29, 0.717) is 22.8 Å². The number of halogens is 1. The molecule has 128 valence electrons. The molecule has 0 spiro atoms. The van der Waals surface area contributed by atoms with Crippen molar-refractivity contribution >= 4 is 0 Å². The second-order valence-corrected chi connectivity index (χ2v) is 5.45. The summed E-state index contributed by atoms with van der Waals surface area (Å²) in [5.74, 6) is 0.231. The predicted molar refractivity (Wildman–Crippen MR) is 90.5 cm³/mol. The van der Waals surface area contributed by atoms with Gasteiger partial charge in [0.2, 0.25) is 11.7 Å². The van der Waals surface area contributed by atoms with Gasteiger partial charge in [-0.1, -0.05) is 11.2 Å². The van der Waals surface area contributed by atoms with E-state index in [1.54, 1.807) is 36.5 Å². The van der Waals surface area contributed by atoms with E-state index >= 15 is 0 Å². The van der Waals surface area contributed by atoms with Gasteiger partial charge in [0.25, 0.3) is 5.56 Å². The molecular weight excluding hydrogens is 337 g/mol. The van der Waals surface area contributed by atoms with Crippen molar-refractivity contribution in [2.45, 2.75) is 6.54 Å². The van der Waals surface area contributed by atoms with E-state index in [1.165, 1.54) is 22.9 Å². The average Bonchev–Trinajstić information content (AvgIpc) is 3.14. The van der Waals surface area contributed by atoms with Crippen LogP contribution in [0.4, 0.5) is 4.39 Å². The lowest BCUT2D eigenvalue weighted by Gasteiger charge is -2.05.